The van der Waals surface area contributed by atoms with E-state index < -0.39 is 34.4 Å². The molecule has 0 aliphatic carbocycles. The number of nitrogens with one attached hydrogen (secondary N) is 1. The van der Waals surface area contributed by atoms with E-state index in [9.17, 15) is 17.6 Å². The molecule has 0 unspecified atom stereocenters. The maximum atomic E-state index is 13.3. The number of benzene rings is 1. The molecule has 1 aromatic rings. The SMILES string of the molecule is CC(C)(CCCCOc1c(F)c(F)cc(F)c1F)C(=N)N. The molecule has 0 saturated heterocycles. The highest BCUT2D eigenvalue weighted by Crippen LogP contribution is 2.27. The van der Waals surface area contributed by atoms with Crippen LogP contribution in [0.25, 0.3) is 0 Å². The molecule has 7 heteroatoms. The molecule has 118 valence electrons. The first-order valence-electron chi connectivity index (χ1n) is 6.47. The molecule has 0 aliphatic rings. The summed E-state index contributed by atoms with van der Waals surface area (Å²) in [5, 5.41) is 7.38. The highest BCUT2D eigenvalue weighted by atomic mass is 19.2. The van der Waals surface area contributed by atoms with Gasteiger partial charge < -0.3 is 10.5 Å². The third-order valence-corrected chi connectivity index (χ3v) is 3.24. The van der Waals surface area contributed by atoms with Gasteiger partial charge in [0.15, 0.2) is 17.4 Å². The van der Waals surface area contributed by atoms with Crippen molar-refractivity contribution in [3.8, 4) is 5.75 Å². The predicted molar refractivity (Wildman–Crippen MR) is 71.3 cm³/mol. The second kappa shape index (κ2) is 6.78. The maximum absolute atomic E-state index is 13.3. The van der Waals surface area contributed by atoms with Gasteiger partial charge in [-0.25, -0.2) is 8.78 Å². The predicted octanol–water partition coefficient (Wildman–Crippen LogP) is 3.75. The number of ether oxygens (including phenoxy) is 1. The number of nitrogens with two attached hydrogens (primary N) is 1. The van der Waals surface area contributed by atoms with E-state index in [0.717, 1.165) is 0 Å². The standard InChI is InChI=1S/C14H18F4N2O/c1-14(2,13(19)20)5-3-4-6-21-12-10(17)8(15)7-9(16)11(12)18/h7H,3-6H2,1-2H3,(H3,19,20). The molecular formula is C14H18F4N2O. The number of unbranched alkanes of at least 4 members (excludes halogenated alkanes) is 1. The molecule has 0 amide bonds. The Morgan fingerprint density at radius 2 is 1.67 bits per heavy atom. The minimum atomic E-state index is -1.54. The van der Waals surface area contributed by atoms with E-state index in [2.05, 4.69) is 0 Å². The number of hydrogen-bond acceptors (Lipinski definition) is 2. The summed E-state index contributed by atoms with van der Waals surface area (Å²) >= 11 is 0. The zero-order valence-electron chi connectivity index (χ0n) is 11.9. The molecule has 1 aromatic carbocycles. The van der Waals surface area contributed by atoms with E-state index >= 15 is 0 Å². The van der Waals surface area contributed by atoms with Crippen molar-refractivity contribution in [3.05, 3.63) is 29.3 Å². The van der Waals surface area contributed by atoms with Crippen molar-refractivity contribution in [2.45, 2.75) is 33.1 Å². The molecule has 0 aromatic heterocycles. The van der Waals surface area contributed by atoms with Crippen LogP contribution in [0.5, 0.6) is 5.75 Å². The van der Waals surface area contributed by atoms with Gasteiger partial charge in [-0.15, -0.1) is 0 Å². The highest BCUT2D eigenvalue weighted by Gasteiger charge is 2.22. The average Bonchev–Trinajstić information content (AvgIpc) is 2.39. The van der Waals surface area contributed by atoms with Gasteiger partial charge in [0.2, 0.25) is 11.6 Å². The second-order valence-corrected chi connectivity index (χ2v) is 5.40. The number of halogens is 4. The Hall–Kier alpha value is -1.79. The fraction of sp³-hybridized carbons (Fsp3) is 0.500. The monoisotopic (exact) mass is 306 g/mol. The van der Waals surface area contributed by atoms with Crippen LogP contribution in [0.2, 0.25) is 0 Å². The van der Waals surface area contributed by atoms with E-state index in [1.165, 1.54) is 0 Å². The smallest absolute Gasteiger partial charge is 0.203 e. The van der Waals surface area contributed by atoms with Gasteiger partial charge in [-0.1, -0.05) is 13.8 Å². The van der Waals surface area contributed by atoms with Gasteiger partial charge in [-0.2, -0.15) is 8.78 Å². The van der Waals surface area contributed by atoms with Crippen molar-refractivity contribution >= 4 is 5.84 Å². The summed E-state index contributed by atoms with van der Waals surface area (Å²) in [7, 11) is 0. The fourth-order valence-corrected chi connectivity index (χ4v) is 1.66. The lowest BCUT2D eigenvalue weighted by Crippen LogP contribution is -2.30. The zero-order chi connectivity index (χ0) is 16.2. The van der Waals surface area contributed by atoms with Crippen LogP contribution < -0.4 is 10.5 Å². The first-order valence-corrected chi connectivity index (χ1v) is 6.47. The van der Waals surface area contributed by atoms with Crippen molar-refractivity contribution in [2.75, 3.05) is 6.61 Å². The van der Waals surface area contributed by atoms with E-state index in [-0.39, 0.29) is 18.5 Å². The number of amidine groups is 1. The van der Waals surface area contributed by atoms with Crippen LogP contribution in [0, 0.1) is 34.1 Å². The highest BCUT2D eigenvalue weighted by molar-refractivity contribution is 5.82. The summed E-state index contributed by atoms with van der Waals surface area (Å²) in [5.74, 6) is -7.08. The molecule has 0 radical (unpaired) electrons. The van der Waals surface area contributed by atoms with Gasteiger partial charge in [-0.3, -0.25) is 5.41 Å². The van der Waals surface area contributed by atoms with Crippen LogP contribution in [-0.2, 0) is 0 Å². The molecule has 0 fully saturated rings. The van der Waals surface area contributed by atoms with Crippen LogP contribution in [0.15, 0.2) is 6.07 Å². The Morgan fingerprint density at radius 3 is 2.14 bits per heavy atom. The minimum absolute atomic E-state index is 0.0488. The molecule has 21 heavy (non-hydrogen) atoms. The molecule has 3 N–H and O–H groups in total. The molecule has 0 atom stereocenters. The van der Waals surface area contributed by atoms with Crippen molar-refractivity contribution in [1.82, 2.24) is 0 Å². The molecule has 3 nitrogen and oxygen atoms in total. The van der Waals surface area contributed by atoms with Gasteiger partial charge in [0, 0.05) is 11.5 Å². The second-order valence-electron chi connectivity index (χ2n) is 5.40. The summed E-state index contributed by atoms with van der Waals surface area (Å²) in [6, 6.07) is 0.132. The Labute approximate surface area is 120 Å². The van der Waals surface area contributed by atoms with Crippen molar-refractivity contribution < 1.29 is 22.3 Å². The summed E-state index contributed by atoms with van der Waals surface area (Å²) < 4.78 is 57.3. The van der Waals surface area contributed by atoms with E-state index in [4.69, 9.17) is 15.9 Å². The number of hydrogen-bond donors (Lipinski definition) is 2. The van der Waals surface area contributed by atoms with Crippen LogP contribution in [0.1, 0.15) is 33.1 Å². The molecule has 0 bridgehead atoms. The van der Waals surface area contributed by atoms with Crippen LogP contribution in [0.3, 0.4) is 0 Å². The molecule has 0 saturated carbocycles. The largest absolute Gasteiger partial charge is 0.487 e. The van der Waals surface area contributed by atoms with Gasteiger partial charge in [0.25, 0.3) is 0 Å². The minimum Gasteiger partial charge on any atom is -0.487 e. The normalized spacial score (nSPS) is 11.5. The van der Waals surface area contributed by atoms with Gasteiger partial charge >= 0.3 is 0 Å². The average molecular weight is 306 g/mol. The molecular weight excluding hydrogens is 288 g/mol. The van der Waals surface area contributed by atoms with E-state index in [1.54, 1.807) is 13.8 Å². The summed E-state index contributed by atoms with van der Waals surface area (Å²) in [6.45, 7) is 3.51. The zero-order valence-corrected chi connectivity index (χ0v) is 11.9. The number of rotatable bonds is 7. The van der Waals surface area contributed by atoms with Crippen LogP contribution in [-0.4, -0.2) is 12.4 Å². The lowest BCUT2D eigenvalue weighted by molar-refractivity contribution is 0.259. The third-order valence-electron chi connectivity index (χ3n) is 3.24. The third kappa shape index (κ3) is 4.34. The summed E-state index contributed by atoms with van der Waals surface area (Å²) in [5.41, 5.74) is 4.95. The van der Waals surface area contributed by atoms with E-state index in [1.807, 2.05) is 0 Å². The lowest BCUT2D eigenvalue weighted by Gasteiger charge is -2.22. The molecule has 1 rings (SSSR count). The van der Waals surface area contributed by atoms with Gasteiger partial charge in [-0.05, 0) is 19.3 Å². The van der Waals surface area contributed by atoms with Crippen LogP contribution >= 0.6 is 0 Å². The maximum Gasteiger partial charge on any atom is 0.203 e. The Kier molecular flexibility index (Phi) is 5.57. The van der Waals surface area contributed by atoms with Crippen molar-refractivity contribution in [1.29, 1.82) is 5.41 Å². The van der Waals surface area contributed by atoms with Crippen LogP contribution in [0.4, 0.5) is 17.6 Å². The fourth-order valence-electron chi connectivity index (χ4n) is 1.66. The summed E-state index contributed by atoms with van der Waals surface area (Å²) in [4.78, 5) is 0. The summed E-state index contributed by atoms with van der Waals surface area (Å²) in [6.07, 6.45) is 1.59. The molecule has 0 spiro atoms. The Morgan fingerprint density at radius 1 is 1.14 bits per heavy atom. The topological polar surface area (TPSA) is 59.1 Å². The van der Waals surface area contributed by atoms with Crippen molar-refractivity contribution in [3.63, 3.8) is 0 Å². The first kappa shape index (κ1) is 17.3. The lowest BCUT2D eigenvalue weighted by atomic mass is 9.86. The molecule has 0 aliphatic heterocycles. The quantitative estimate of drug-likeness (QED) is 0.265. The first-order chi connectivity index (χ1) is 9.66. The Balaban J connectivity index is 2.53. The van der Waals surface area contributed by atoms with Crippen molar-refractivity contribution in [2.24, 2.45) is 11.1 Å². The van der Waals surface area contributed by atoms with Gasteiger partial charge in [0.05, 0.1) is 12.4 Å². The van der Waals surface area contributed by atoms with Gasteiger partial charge in [0.1, 0.15) is 0 Å². The van der Waals surface area contributed by atoms with E-state index in [0.29, 0.717) is 19.3 Å². The molecule has 0 heterocycles. The Bertz CT molecular complexity index is 506.